The molecule has 1 atom stereocenters. The molecule has 1 aromatic heterocycles. The second-order valence-corrected chi connectivity index (χ2v) is 6.87. The number of ether oxygens (including phenoxy) is 1. The van der Waals surface area contributed by atoms with Crippen molar-refractivity contribution in [1.82, 2.24) is 10.1 Å². The van der Waals surface area contributed by atoms with E-state index in [0.29, 0.717) is 6.04 Å². The fourth-order valence-corrected chi connectivity index (χ4v) is 3.42. The standard InChI is InChI=1S/C20H28N2O2/c1-4-8-17-13-18(21-24-17)19-10-7-12-22(19)14-16-9-5-6-11-20(16)23-15(2)3/h5-6,9,11,13,15,19H,4,7-8,10,12,14H2,1-3H3/t19-/m0/s1. The number of hydrogen-bond donors (Lipinski definition) is 0. The normalized spacial score (nSPS) is 18.4. The fraction of sp³-hybridized carbons (Fsp3) is 0.550. The van der Waals surface area contributed by atoms with E-state index in [1.54, 1.807) is 0 Å². The molecule has 1 aliphatic rings. The Labute approximate surface area is 144 Å². The Balaban J connectivity index is 1.74. The lowest BCUT2D eigenvalue weighted by Gasteiger charge is -2.24. The third kappa shape index (κ3) is 3.99. The van der Waals surface area contributed by atoms with Gasteiger partial charge < -0.3 is 9.26 Å². The van der Waals surface area contributed by atoms with Crippen LogP contribution in [0, 0.1) is 0 Å². The van der Waals surface area contributed by atoms with Crippen LogP contribution in [0.25, 0.3) is 0 Å². The quantitative estimate of drug-likeness (QED) is 0.735. The predicted molar refractivity (Wildman–Crippen MR) is 95.1 cm³/mol. The van der Waals surface area contributed by atoms with Crippen LogP contribution < -0.4 is 4.74 Å². The van der Waals surface area contributed by atoms with E-state index >= 15 is 0 Å². The average molecular weight is 328 g/mol. The van der Waals surface area contributed by atoms with Gasteiger partial charge in [0, 0.05) is 24.6 Å². The lowest BCUT2D eigenvalue weighted by Crippen LogP contribution is -2.23. The smallest absolute Gasteiger partial charge is 0.137 e. The van der Waals surface area contributed by atoms with E-state index in [1.165, 1.54) is 12.0 Å². The number of aromatic nitrogens is 1. The van der Waals surface area contributed by atoms with Crippen LogP contribution in [-0.2, 0) is 13.0 Å². The molecule has 0 unspecified atom stereocenters. The minimum absolute atomic E-state index is 0.188. The van der Waals surface area contributed by atoms with Gasteiger partial charge in [0.1, 0.15) is 17.2 Å². The molecule has 1 saturated heterocycles. The summed E-state index contributed by atoms with van der Waals surface area (Å²) in [5.41, 5.74) is 2.33. The van der Waals surface area contributed by atoms with E-state index in [-0.39, 0.29) is 6.10 Å². The van der Waals surface area contributed by atoms with Crippen LogP contribution in [0.1, 0.15) is 63.1 Å². The molecule has 4 heteroatoms. The highest BCUT2D eigenvalue weighted by Crippen LogP contribution is 2.34. The highest BCUT2D eigenvalue weighted by molar-refractivity contribution is 5.33. The van der Waals surface area contributed by atoms with Crippen molar-refractivity contribution < 1.29 is 9.26 Å². The molecule has 0 aliphatic carbocycles. The molecule has 2 aromatic rings. The van der Waals surface area contributed by atoms with Gasteiger partial charge in [0.15, 0.2) is 0 Å². The highest BCUT2D eigenvalue weighted by atomic mass is 16.5. The van der Waals surface area contributed by atoms with Gasteiger partial charge in [-0.2, -0.15) is 0 Å². The second kappa shape index (κ2) is 7.84. The molecule has 0 bridgehead atoms. The lowest BCUT2D eigenvalue weighted by molar-refractivity contribution is 0.216. The van der Waals surface area contributed by atoms with Crippen molar-refractivity contribution in [2.45, 2.75) is 65.1 Å². The van der Waals surface area contributed by atoms with Crippen molar-refractivity contribution in [2.24, 2.45) is 0 Å². The van der Waals surface area contributed by atoms with Crippen molar-refractivity contribution >= 4 is 0 Å². The van der Waals surface area contributed by atoms with Crippen LogP contribution in [0.3, 0.4) is 0 Å². The number of aryl methyl sites for hydroxylation is 1. The van der Waals surface area contributed by atoms with Crippen LogP contribution in [0.15, 0.2) is 34.9 Å². The van der Waals surface area contributed by atoms with E-state index in [0.717, 1.165) is 49.6 Å². The Morgan fingerprint density at radius 1 is 1.33 bits per heavy atom. The summed E-state index contributed by atoms with van der Waals surface area (Å²) in [7, 11) is 0. The van der Waals surface area contributed by atoms with Crippen LogP contribution in [0.2, 0.25) is 0 Å². The molecular weight excluding hydrogens is 300 g/mol. The van der Waals surface area contributed by atoms with Gasteiger partial charge in [-0.1, -0.05) is 30.3 Å². The SMILES string of the molecule is CCCc1cc([C@@H]2CCCN2Cc2ccccc2OC(C)C)no1. The zero-order valence-electron chi connectivity index (χ0n) is 15.0. The summed E-state index contributed by atoms with van der Waals surface area (Å²) in [6.07, 6.45) is 4.58. The second-order valence-electron chi connectivity index (χ2n) is 6.87. The van der Waals surface area contributed by atoms with Crippen LogP contribution in [0.5, 0.6) is 5.75 Å². The number of para-hydroxylation sites is 1. The van der Waals surface area contributed by atoms with Crippen molar-refractivity contribution in [2.75, 3.05) is 6.54 Å². The van der Waals surface area contributed by atoms with Crippen LogP contribution in [-0.4, -0.2) is 22.7 Å². The van der Waals surface area contributed by atoms with Gasteiger partial charge in [0.25, 0.3) is 0 Å². The average Bonchev–Trinajstić information content (AvgIpc) is 3.18. The summed E-state index contributed by atoms with van der Waals surface area (Å²) in [6, 6.07) is 10.9. The molecule has 130 valence electrons. The molecule has 0 radical (unpaired) electrons. The van der Waals surface area contributed by atoms with Gasteiger partial charge in [0.2, 0.25) is 0 Å². The van der Waals surface area contributed by atoms with Gasteiger partial charge in [-0.05, 0) is 45.7 Å². The predicted octanol–water partition coefficient (Wildman–Crippen LogP) is 4.75. The van der Waals surface area contributed by atoms with Crippen LogP contribution in [0.4, 0.5) is 0 Å². The molecular formula is C20H28N2O2. The molecule has 24 heavy (non-hydrogen) atoms. The van der Waals surface area contributed by atoms with Gasteiger partial charge >= 0.3 is 0 Å². The molecule has 4 nitrogen and oxygen atoms in total. The Hall–Kier alpha value is -1.81. The van der Waals surface area contributed by atoms with E-state index in [2.05, 4.69) is 55.1 Å². The third-order valence-corrected chi connectivity index (χ3v) is 4.49. The molecule has 0 N–H and O–H groups in total. The van der Waals surface area contributed by atoms with Gasteiger partial charge in [-0.25, -0.2) is 0 Å². The monoisotopic (exact) mass is 328 g/mol. The van der Waals surface area contributed by atoms with Crippen LogP contribution >= 0.6 is 0 Å². The molecule has 1 fully saturated rings. The molecule has 2 heterocycles. The van der Waals surface area contributed by atoms with E-state index in [4.69, 9.17) is 9.26 Å². The number of benzene rings is 1. The molecule has 3 rings (SSSR count). The summed E-state index contributed by atoms with van der Waals surface area (Å²) >= 11 is 0. The lowest BCUT2D eigenvalue weighted by atomic mass is 10.1. The van der Waals surface area contributed by atoms with Crippen molar-refractivity contribution in [3.63, 3.8) is 0 Å². The summed E-state index contributed by atoms with van der Waals surface area (Å²) in [5.74, 6) is 1.99. The number of nitrogens with zero attached hydrogens (tertiary/aromatic N) is 2. The van der Waals surface area contributed by atoms with E-state index < -0.39 is 0 Å². The summed E-state index contributed by atoms with van der Waals surface area (Å²) in [4.78, 5) is 2.50. The number of rotatable bonds is 7. The topological polar surface area (TPSA) is 38.5 Å². The van der Waals surface area contributed by atoms with Gasteiger partial charge in [0.05, 0.1) is 12.1 Å². The molecule has 0 amide bonds. The maximum absolute atomic E-state index is 5.97. The third-order valence-electron chi connectivity index (χ3n) is 4.49. The molecule has 1 aliphatic heterocycles. The Kier molecular flexibility index (Phi) is 5.56. The maximum atomic E-state index is 5.97. The van der Waals surface area contributed by atoms with Gasteiger partial charge in [-0.15, -0.1) is 0 Å². The first-order valence-corrected chi connectivity index (χ1v) is 9.11. The number of hydrogen-bond acceptors (Lipinski definition) is 4. The van der Waals surface area contributed by atoms with Crippen molar-refractivity contribution in [1.29, 1.82) is 0 Å². The summed E-state index contributed by atoms with van der Waals surface area (Å²) in [6.45, 7) is 8.29. The summed E-state index contributed by atoms with van der Waals surface area (Å²) < 4.78 is 11.5. The van der Waals surface area contributed by atoms with E-state index in [9.17, 15) is 0 Å². The maximum Gasteiger partial charge on any atom is 0.137 e. The van der Waals surface area contributed by atoms with Gasteiger partial charge in [-0.3, -0.25) is 4.90 Å². The molecule has 1 aromatic carbocycles. The Bertz CT molecular complexity index is 651. The zero-order valence-corrected chi connectivity index (χ0v) is 15.0. The number of likely N-dealkylation sites (tertiary alicyclic amines) is 1. The highest BCUT2D eigenvalue weighted by Gasteiger charge is 2.29. The van der Waals surface area contributed by atoms with Crippen molar-refractivity contribution in [3.8, 4) is 5.75 Å². The largest absolute Gasteiger partial charge is 0.491 e. The zero-order chi connectivity index (χ0) is 16.9. The minimum Gasteiger partial charge on any atom is -0.491 e. The Morgan fingerprint density at radius 2 is 2.17 bits per heavy atom. The minimum atomic E-state index is 0.188. The first-order valence-electron chi connectivity index (χ1n) is 9.11. The summed E-state index contributed by atoms with van der Waals surface area (Å²) in [5, 5.41) is 4.33. The molecule has 0 saturated carbocycles. The van der Waals surface area contributed by atoms with Crippen molar-refractivity contribution in [3.05, 3.63) is 47.3 Å². The first-order chi connectivity index (χ1) is 11.7. The van der Waals surface area contributed by atoms with E-state index in [1.807, 2.05) is 6.07 Å². The fourth-order valence-electron chi connectivity index (χ4n) is 3.42. The molecule has 0 spiro atoms. The first kappa shape index (κ1) is 17.0. The Morgan fingerprint density at radius 3 is 2.96 bits per heavy atom.